The maximum atomic E-state index is 11.9. The Hall–Kier alpha value is -1.59. The molecule has 0 unspecified atom stereocenters. The normalized spacial score (nSPS) is 10.3. The van der Waals surface area contributed by atoms with E-state index < -0.39 is 0 Å². The highest BCUT2D eigenvalue weighted by Crippen LogP contribution is 2.16. The van der Waals surface area contributed by atoms with Crippen molar-refractivity contribution in [1.29, 1.82) is 0 Å². The van der Waals surface area contributed by atoms with Crippen LogP contribution in [0.1, 0.15) is 16.3 Å². The molecule has 0 spiro atoms. The van der Waals surface area contributed by atoms with Gasteiger partial charge in [0.05, 0.1) is 0 Å². The molecule has 0 saturated carbocycles. The molecule has 0 fully saturated rings. The highest BCUT2D eigenvalue weighted by molar-refractivity contribution is 9.10. The number of nitrogens with one attached hydrogen (secondary N) is 1. The Balaban J connectivity index is 2.04. The maximum Gasteiger partial charge on any atom is 0.291 e. The van der Waals surface area contributed by atoms with Gasteiger partial charge in [0.25, 0.3) is 5.91 Å². The van der Waals surface area contributed by atoms with Crippen LogP contribution < -0.4 is 11.1 Å². The van der Waals surface area contributed by atoms with Crippen LogP contribution >= 0.6 is 15.9 Å². The van der Waals surface area contributed by atoms with E-state index in [1.54, 1.807) is 12.1 Å². The molecule has 0 atom stereocenters. The fourth-order valence-electron chi connectivity index (χ4n) is 1.50. The van der Waals surface area contributed by atoms with Gasteiger partial charge in [-0.3, -0.25) is 4.79 Å². The molecular weight excluding hydrogens is 296 g/mol. The second kappa shape index (κ2) is 5.84. The minimum Gasteiger partial charge on any atom is -0.456 e. The lowest BCUT2D eigenvalue weighted by Gasteiger charge is -2.02. The van der Waals surface area contributed by atoms with Gasteiger partial charge >= 0.3 is 0 Å². The van der Waals surface area contributed by atoms with E-state index in [1.165, 1.54) is 0 Å². The number of rotatable bonds is 4. The predicted octanol–water partition coefficient (Wildman–Crippen LogP) is 2.80. The molecule has 1 aromatic heterocycles. The Morgan fingerprint density at radius 1 is 1.22 bits per heavy atom. The largest absolute Gasteiger partial charge is 0.456 e. The zero-order chi connectivity index (χ0) is 13.0. The Morgan fingerprint density at radius 2 is 1.94 bits per heavy atom. The van der Waals surface area contributed by atoms with Gasteiger partial charge in [0.15, 0.2) is 5.76 Å². The average molecular weight is 309 g/mol. The topological polar surface area (TPSA) is 68.3 Å². The second-order valence-corrected chi connectivity index (χ2v) is 4.68. The van der Waals surface area contributed by atoms with Crippen molar-refractivity contribution in [1.82, 2.24) is 0 Å². The summed E-state index contributed by atoms with van der Waals surface area (Å²) in [5.41, 5.74) is 6.14. The van der Waals surface area contributed by atoms with Gasteiger partial charge in [-0.15, -0.1) is 0 Å². The van der Waals surface area contributed by atoms with Crippen LogP contribution in [0.15, 0.2) is 45.3 Å². The first-order chi connectivity index (χ1) is 8.69. The first kappa shape index (κ1) is 12.9. The molecule has 0 aliphatic rings. The minimum absolute atomic E-state index is 0.263. The molecule has 0 aliphatic heterocycles. The van der Waals surface area contributed by atoms with Crippen molar-refractivity contribution in [2.75, 3.05) is 11.9 Å². The Kier molecular flexibility index (Phi) is 4.17. The molecule has 1 amide bonds. The standard InChI is InChI=1S/C13H13BrN2O2/c14-9-1-3-10(4-2-9)16-13(17)12-6-5-11(18-12)7-8-15/h1-6H,7-8,15H2,(H,16,17). The van der Waals surface area contributed by atoms with E-state index in [-0.39, 0.29) is 5.91 Å². The molecule has 2 rings (SSSR count). The van der Waals surface area contributed by atoms with Crippen LogP contribution in [0.25, 0.3) is 0 Å². The Labute approximate surface area is 113 Å². The van der Waals surface area contributed by atoms with Gasteiger partial charge in [0.2, 0.25) is 0 Å². The SMILES string of the molecule is NCCc1ccc(C(=O)Nc2ccc(Br)cc2)o1. The average Bonchev–Trinajstić information content (AvgIpc) is 2.81. The lowest BCUT2D eigenvalue weighted by Crippen LogP contribution is -2.10. The van der Waals surface area contributed by atoms with Crippen molar-refractivity contribution in [3.8, 4) is 0 Å². The number of nitrogens with two attached hydrogens (primary N) is 1. The highest BCUT2D eigenvalue weighted by Gasteiger charge is 2.11. The van der Waals surface area contributed by atoms with E-state index in [4.69, 9.17) is 10.2 Å². The van der Waals surface area contributed by atoms with Crippen LogP contribution in [0.3, 0.4) is 0 Å². The molecule has 3 N–H and O–H groups in total. The van der Waals surface area contributed by atoms with Crippen LogP contribution in [0.2, 0.25) is 0 Å². The van der Waals surface area contributed by atoms with E-state index in [0.29, 0.717) is 18.7 Å². The molecule has 0 radical (unpaired) electrons. The van der Waals surface area contributed by atoms with Crippen LogP contribution in [0.5, 0.6) is 0 Å². The van der Waals surface area contributed by atoms with E-state index >= 15 is 0 Å². The van der Waals surface area contributed by atoms with Crippen molar-refractivity contribution in [2.24, 2.45) is 5.73 Å². The molecule has 0 bridgehead atoms. The number of benzene rings is 1. The fourth-order valence-corrected chi connectivity index (χ4v) is 1.77. The first-order valence-electron chi connectivity index (χ1n) is 5.55. The number of carbonyl (C=O) groups is 1. The van der Waals surface area contributed by atoms with Crippen LogP contribution in [0.4, 0.5) is 5.69 Å². The second-order valence-electron chi connectivity index (χ2n) is 3.77. The van der Waals surface area contributed by atoms with Gasteiger partial charge in [-0.1, -0.05) is 15.9 Å². The molecule has 5 heteroatoms. The zero-order valence-corrected chi connectivity index (χ0v) is 11.2. The van der Waals surface area contributed by atoms with E-state index in [2.05, 4.69) is 21.2 Å². The number of halogens is 1. The summed E-state index contributed by atoms with van der Waals surface area (Å²) in [5, 5.41) is 2.76. The fraction of sp³-hybridized carbons (Fsp3) is 0.154. The monoisotopic (exact) mass is 308 g/mol. The summed E-state index contributed by atoms with van der Waals surface area (Å²) in [6, 6.07) is 10.8. The maximum absolute atomic E-state index is 11.9. The minimum atomic E-state index is -0.263. The van der Waals surface area contributed by atoms with Crippen LogP contribution in [-0.4, -0.2) is 12.5 Å². The van der Waals surface area contributed by atoms with E-state index in [0.717, 1.165) is 15.9 Å². The third-order valence-electron chi connectivity index (χ3n) is 2.38. The van der Waals surface area contributed by atoms with Gasteiger partial charge in [-0.05, 0) is 42.9 Å². The summed E-state index contributed by atoms with van der Waals surface area (Å²) < 4.78 is 6.34. The van der Waals surface area contributed by atoms with Gasteiger partial charge < -0.3 is 15.5 Å². The Bertz CT molecular complexity index is 534. The highest BCUT2D eigenvalue weighted by atomic mass is 79.9. The van der Waals surface area contributed by atoms with Crippen molar-refractivity contribution in [3.63, 3.8) is 0 Å². The molecule has 4 nitrogen and oxygen atoms in total. The number of amides is 1. The smallest absolute Gasteiger partial charge is 0.291 e. The quantitative estimate of drug-likeness (QED) is 0.912. The van der Waals surface area contributed by atoms with Gasteiger partial charge in [0.1, 0.15) is 5.76 Å². The molecule has 1 aromatic carbocycles. The molecule has 0 saturated heterocycles. The van der Waals surface area contributed by atoms with Crippen molar-refractivity contribution in [2.45, 2.75) is 6.42 Å². The van der Waals surface area contributed by atoms with Gasteiger partial charge in [-0.2, -0.15) is 0 Å². The lowest BCUT2D eigenvalue weighted by atomic mass is 10.3. The molecule has 2 aromatic rings. The number of hydrogen-bond donors (Lipinski definition) is 2. The van der Waals surface area contributed by atoms with Gasteiger partial charge in [0, 0.05) is 16.6 Å². The number of carbonyl (C=O) groups excluding carboxylic acids is 1. The third kappa shape index (κ3) is 3.21. The number of hydrogen-bond acceptors (Lipinski definition) is 3. The number of furan rings is 1. The summed E-state index contributed by atoms with van der Waals surface area (Å²) in [4.78, 5) is 11.9. The lowest BCUT2D eigenvalue weighted by molar-refractivity contribution is 0.0995. The van der Waals surface area contributed by atoms with Crippen molar-refractivity contribution < 1.29 is 9.21 Å². The molecule has 1 heterocycles. The van der Waals surface area contributed by atoms with Gasteiger partial charge in [-0.25, -0.2) is 0 Å². The molecule has 18 heavy (non-hydrogen) atoms. The van der Waals surface area contributed by atoms with E-state index in [9.17, 15) is 4.79 Å². The number of anilines is 1. The summed E-state index contributed by atoms with van der Waals surface area (Å²) in [7, 11) is 0. The molecular formula is C13H13BrN2O2. The van der Waals surface area contributed by atoms with E-state index in [1.807, 2.05) is 24.3 Å². The predicted molar refractivity (Wildman–Crippen MR) is 73.6 cm³/mol. The first-order valence-corrected chi connectivity index (χ1v) is 6.34. The molecule has 94 valence electrons. The summed E-state index contributed by atoms with van der Waals surface area (Å²) in [6.07, 6.45) is 0.631. The Morgan fingerprint density at radius 3 is 2.61 bits per heavy atom. The van der Waals surface area contributed by atoms with Crippen LogP contribution in [-0.2, 0) is 6.42 Å². The van der Waals surface area contributed by atoms with Crippen LogP contribution in [0, 0.1) is 0 Å². The third-order valence-corrected chi connectivity index (χ3v) is 2.91. The zero-order valence-electron chi connectivity index (χ0n) is 9.65. The van der Waals surface area contributed by atoms with Crippen molar-refractivity contribution >= 4 is 27.5 Å². The summed E-state index contributed by atoms with van der Waals surface area (Å²) in [6.45, 7) is 0.501. The summed E-state index contributed by atoms with van der Waals surface area (Å²) >= 11 is 3.33. The van der Waals surface area contributed by atoms with Crippen molar-refractivity contribution in [3.05, 3.63) is 52.4 Å². The summed E-state index contributed by atoms with van der Waals surface area (Å²) in [5.74, 6) is 0.750. The molecule has 0 aliphatic carbocycles.